The molecule has 0 spiro atoms. The fraction of sp³-hybridized carbons (Fsp3) is 0.409. The van der Waals surface area contributed by atoms with Crippen LogP contribution in [-0.2, 0) is 6.18 Å². The molecule has 0 bridgehead atoms. The van der Waals surface area contributed by atoms with Crippen LogP contribution in [0, 0.1) is 6.92 Å². The Morgan fingerprint density at radius 2 is 1.97 bits per heavy atom. The van der Waals surface area contributed by atoms with E-state index in [0.717, 1.165) is 30.3 Å². The predicted molar refractivity (Wildman–Crippen MR) is 120 cm³/mol. The number of rotatable bonds is 5. The number of hydrogen-bond donors (Lipinski definition) is 5. The van der Waals surface area contributed by atoms with E-state index >= 15 is 0 Å². The van der Waals surface area contributed by atoms with Crippen molar-refractivity contribution in [2.24, 2.45) is 0 Å². The number of anilines is 1. The number of nitrogens with one attached hydrogen (secondary N) is 5. The summed E-state index contributed by atoms with van der Waals surface area (Å²) in [6.45, 7) is 5.01. The minimum atomic E-state index is -4.64. The number of hydrogen-bond acceptors (Lipinski definition) is 8. The Morgan fingerprint density at radius 3 is 2.60 bits per heavy atom. The molecule has 35 heavy (non-hydrogen) atoms. The molecule has 2 fully saturated rings. The highest BCUT2D eigenvalue weighted by atomic mass is 19.4. The van der Waals surface area contributed by atoms with Crippen LogP contribution in [0.4, 0.5) is 19.0 Å². The van der Waals surface area contributed by atoms with E-state index in [1.807, 2.05) is 6.92 Å². The molecule has 13 heteroatoms. The van der Waals surface area contributed by atoms with Crippen molar-refractivity contribution in [2.45, 2.75) is 44.6 Å². The molecule has 2 aliphatic rings. The largest absolute Gasteiger partial charge is 0.444 e. The fourth-order valence-electron chi connectivity index (χ4n) is 4.24. The first-order chi connectivity index (χ1) is 16.7. The van der Waals surface area contributed by atoms with Gasteiger partial charge in [-0.1, -0.05) is 0 Å². The van der Waals surface area contributed by atoms with E-state index in [1.165, 1.54) is 6.26 Å². The molecule has 5 N–H and O–H groups in total. The van der Waals surface area contributed by atoms with Gasteiger partial charge >= 0.3 is 6.18 Å². The first-order valence-electron chi connectivity index (χ1n) is 11.2. The lowest BCUT2D eigenvalue weighted by Crippen LogP contribution is -2.32. The van der Waals surface area contributed by atoms with Gasteiger partial charge in [-0.25, -0.2) is 15.1 Å². The summed E-state index contributed by atoms with van der Waals surface area (Å²) in [6.07, 6.45) is -2.84. The highest BCUT2D eigenvalue weighted by Crippen LogP contribution is 2.37. The van der Waals surface area contributed by atoms with E-state index in [4.69, 9.17) is 9.52 Å². The average Bonchev–Trinajstić information content (AvgIpc) is 3.60. The smallest absolute Gasteiger partial charge is 0.417 e. The Morgan fingerprint density at radius 1 is 1.20 bits per heavy atom. The van der Waals surface area contributed by atoms with Gasteiger partial charge in [0.25, 0.3) is 5.91 Å². The third-order valence-electron chi connectivity index (χ3n) is 6.04. The number of halogens is 3. The quantitative estimate of drug-likeness (QED) is 0.370. The maximum atomic E-state index is 13.6. The highest BCUT2D eigenvalue weighted by Gasteiger charge is 2.35. The first-order valence-corrected chi connectivity index (χ1v) is 11.2. The number of nitrogens with zero attached hydrogens (tertiary/aromatic N) is 3. The fourth-order valence-corrected chi connectivity index (χ4v) is 4.24. The Balaban J connectivity index is 1.47. The maximum Gasteiger partial charge on any atom is 0.417 e. The molecule has 186 valence electrons. The summed E-state index contributed by atoms with van der Waals surface area (Å²) in [7, 11) is 0. The molecule has 0 aliphatic carbocycles. The van der Waals surface area contributed by atoms with Crippen LogP contribution in [0.1, 0.15) is 52.7 Å². The highest BCUT2D eigenvalue weighted by molar-refractivity contribution is 6.04. The van der Waals surface area contributed by atoms with Crippen LogP contribution in [0.25, 0.3) is 11.5 Å². The number of carbonyl (C=O) groups is 1. The molecule has 2 aliphatic heterocycles. The third kappa shape index (κ3) is 4.80. The van der Waals surface area contributed by atoms with Gasteiger partial charge in [-0.15, -0.1) is 0 Å². The normalized spacial score (nSPS) is 21.1. The second-order valence-corrected chi connectivity index (χ2v) is 8.81. The molecular formula is C22H25F3N8O2. The van der Waals surface area contributed by atoms with Gasteiger partial charge in [0.05, 0.1) is 22.5 Å². The maximum absolute atomic E-state index is 13.6. The number of oxazole rings is 1. The second kappa shape index (κ2) is 9.07. The standard InChI is InChI=1S/C22H25F3N8O2/c1-11-5-19(31-30-11)33-18(7-17(32-33)14-8-26-27-9-14)29-20(34)13-3-4-16(22(23,24)25)15(6-13)21-28-12(2)10-35-21/h3-4,6-7,10-11,14,19,26-27,30-31H,5,8-9H2,1-2H3,(H,29,34). The van der Waals surface area contributed by atoms with E-state index in [9.17, 15) is 18.0 Å². The summed E-state index contributed by atoms with van der Waals surface area (Å²) in [5.41, 5.74) is 12.5. The topological polar surface area (TPSA) is 121 Å². The summed E-state index contributed by atoms with van der Waals surface area (Å²) in [4.78, 5) is 17.2. The molecule has 0 radical (unpaired) electrons. The Labute approximate surface area is 198 Å². The summed E-state index contributed by atoms with van der Waals surface area (Å²) in [5.74, 6) is -0.214. The number of alkyl halides is 3. The van der Waals surface area contributed by atoms with Crippen LogP contribution in [0.15, 0.2) is 34.9 Å². The van der Waals surface area contributed by atoms with Gasteiger partial charge in [-0.2, -0.15) is 18.3 Å². The van der Waals surface area contributed by atoms with Crippen molar-refractivity contribution >= 4 is 11.7 Å². The Hall–Kier alpha value is -3.26. The molecule has 2 saturated heterocycles. The molecule has 4 heterocycles. The lowest BCUT2D eigenvalue weighted by molar-refractivity contribution is -0.137. The molecular weight excluding hydrogens is 465 g/mol. The molecule has 3 aromatic rings. The lowest BCUT2D eigenvalue weighted by Gasteiger charge is -2.16. The van der Waals surface area contributed by atoms with E-state index in [0.29, 0.717) is 24.6 Å². The van der Waals surface area contributed by atoms with E-state index in [1.54, 1.807) is 17.7 Å². The SMILES string of the molecule is Cc1coc(-c2cc(C(=O)Nc3cc(C4CNNC4)nn3C3CC(C)NN3)ccc2C(F)(F)F)n1. The molecule has 2 unspecified atom stereocenters. The molecule has 5 rings (SSSR count). The third-order valence-corrected chi connectivity index (χ3v) is 6.04. The monoisotopic (exact) mass is 490 g/mol. The molecule has 1 amide bonds. The zero-order valence-electron chi connectivity index (χ0n) is 19.0. The van der Waals surface area contributed by atoms with Crippen molar-refractivity contribution in [3.8, 4) is 11.5 Å². The van der Waals surface area contributed by atoms with Crippen LogP contribution in [-0.4, -0.2) is 39.8 Å². The van der Waals surface area contributed by atoms with Crippen LogP contribution in [0.2, 0.25) is 0 Å². The van der Waals surface area contributed by atoms with Gasteiger partial charge in [0.1, 0.15) is 18.2 Å². The minimum Gasteiger partial charge on any atom is -0.444 e. The van der Waals surface area contributed by atoms with Crippen LogP contribution in [0.5, 0.6) is 0 Å². The van der Waals surface area contributed by atoms with Gasteiger partial charge in [-0.05, 0) is 32.0 Å². The van der Waals surface area contributed by atoms with Crippen LogP contribution >= 0.6 is 0 Å². The van der Waals surface area contributed by atoms with Crippen molar-refractivity contribution < 1.29 is 22.4 Å². The summed E-state index contributed by atoms with van der Waals surface area (Å²) in [5, 5.41) is 7.54. The predicted octanol–water partition coefficient (Wildman–Crippen LogP) is 2.69. The van der Waals surface area contributed by atoms with Gasteiger partial charge < -0.3 is 9.73 Å². The number of amides is 1. The van der Waals surface area contributed by atoms with Crippen molar-refractivity contribution in [3.05, 3.63) is 53.0 Å². The van der Waals surface area contributed by atoms with Gasteiger partial charge in [-0.3, -0.25) is 21.1 Å². The summed E-state index contributed by atoms with van der Waals surface area (Å²) in [6, 6.07) is 5.15. The van der Waals surface area contributed by atoms with E-state index < -0.39 is 17.6 Å². The van der Waals surface area contributed by atoms with Gasteiger partial charge in [0.2, 0.25) is 5.89 Å². The van der Waals surface area contributed by atoms with E-state index in [-0.39, 0.29) is 35.1 Å². The number of benzene rings is 1. The van der Waals surface area contributed by atoms with Crippen molar-refractivity contribution in [1.82, 2.24) is 36.5 Å². The Bertz CT molecular complexity index is 1230. The van der Waals surface area contributed by atoms with Crippen molar-refractivity contribution in [1.29, 1.82) is 0 Å². The minimum absolute atomic E-state index is 0.0354. The second-order valence-electron chi connectivity index (χ2n) is 8.81. The molecule has 2 aromatic heterocycles. The zero-order valence-corrected chi connectivity index (χ0v) is 19.0. The number of aromatic nitrogens is 3. The van der Waals surface area contributed by atoms with E-state index in [2.05, 4.69) is 32.0 Å². The van der Waals surface area contributed by atoms with Crippen molar-refractivity contribution in [3.63, 3.8) is 0 Å². The summed E-state index contributed by atoms with van der Waals surface area (Å²) >= 11 is 0. The lowest BCUT2D eigenvalue weighted by atomic mass is 10.0. The van der Waals surface area contributed by atoms with Gasteiger partial charge in [0.15, 0.2) is 0 Å². The number of carbonyl (C=O) groups excluding carboxylic acids is 1. The molecule has 2 atom stereocenters. The zero-order chi connectivity index (χ0) is 24.7. The average molecular weight is 490 g/mol. The number of hydrazine groups is 2. The molecule has 10 nitrogen and oxygen atoms in total. The molecule has 1 aromatic carbocycles. The van der Waals surface area contributed by atoms with Crippen molar-refractivity contribution in [2.75, 3.05) is 18.4 Å². The van der Waals surface area contributed by atoms with Crippen LogP contribution < -0.4 is 27.0 Å². The summed E-state index contributed by atoms with van der Waals surface area (Å²) < 4.78 is 47.8. The Kier molecular flexibility index (Phi) is 6.09. The van der Waals surface area contributed by atoms with Gasteiger partial charge in [0, 0.05) is 43.1 Å². The first kappa shape index (κ1) is 23.5. The molecule has 0 saturated carbocycles. The number of aryl methyl sites for hydroxylation is 1. The van der Waals surface area contributed by atoms with Crippen LogP contribution in [0.3, 0.4) is 0 Å².